The molecule has 0 spiro atoms. The summed E-state index contributed by atoms with van der Waals surface area (Å²) in [6.07, 6.45) is 1.19. The molecule has 1 atom stereocenters. The summed E-state index contributed by atoms with van der Waals surface area (Å²) in [6.45, 7) is 6.53. The molecular weight excluding hydrogens is 460 g/mol. The Bertz CT molecular complexity index is 1110. The summed E-state index contributed by atoms with van der Waals surface area (Å²) in [5.74, 6) is 0.155. The van der Waals surface area contributed by atoms with Crippen LogP contribution in [0.1, 0.15) is 35.6 Å². The lowest BCUT2D eigenvalue weighted by Crippen LogP contribution is -2.51. The second kappa shape index (κ2) is 13.0. The van der Waals surface area contributed by atoms with Crippen LogP contribution in [0.25, 0.3) is 0 Å². The van der Waals surface area contributed by atoms with E-state index >= 15 is 0 Å². The zero-order valence-corrected chi connectivity index (χ0v) is 21.3. The number of halogens is 1. The Morgan fingerprint density at radius 2 is 1.63 bits per heavy atom. The van der Waals surface area contributed by atoms with Crippen molar-refractivity contribution >= 4 is 23.4 Å². The lowest BCUT2D eigenvalue weighted by molar-refractivity contribution is -0.142. The molecule has 184 valence electrons. The van der Waals surface area contributed by atoms with Crippen molar-refractivity contribution < 1.29 is 14.3 Å². The van der Waals surface area contributed by atoms with E-state index in [4.69, 9.17) is 16.3 Å². The van der Waals surface area contributed by atoms with E-state index in [-0.39, 0.29) is 25.0 Å². The molecular formula is C29H33ClN2O3. The summed E-state index contributed by atoms with van der Waals surface area (Å²) < 4.78 is 5.88. The topological polar surface area (TPSA) is 58.6 Å². The van der Waals surface area contributed by atoms with Crippen LogP contribution in [-0.4, -0.2) is 35.9 Å². The lowest BCUT2D eigenvalue weighted by Gasteiger charge is -2.31. The number of carbonyl (C=O) groups excluding carboxylic acids is 2. The zero-order valence-electron chi connectivity index (χ0n) is 20.6. The molecule has 0 aromatic heterocycles. The Morgan fingerprint density at radius 3 is 2.29 bits per heavy atom. The van der Waals surface area contributed by atoms with E-state index < -0.39 is 6.04 Å². The molecule has 35 heavy (non-hydrogen) atoms. The van der Waals surface area contributed by atoms with Gasteiger partial charge in [0, 0.05) is 24.5 Å². The molecule has 3 aromatic carbocycles. The first-order chi connectivity index (χ1) is 16.9. The standard InChI is InChI=1S/C29H33ClN2O3/c1-4-14-31-29(34)27(18-23-10-6-5-7-11-23)32(19-24-12-8-9-13-26(24)30)28(33)20-35-25-16-21(2)15-22(3)17-25/h5-13,15-17,27H,4,14,18-20H2,1-3H3,(H,31,34)/t27-/m1/s1. The van der Waals surface area contributed by atoms with Gasteiger partial charge in [0.1, 0.15) is 11.8 Å². The highest BCUT2D eigenvalue weighted by Crippen LogP contribution is 2.21. The number of hydrogen-bond acceptors (Lipinski definition) is 3. The van der Waals surface area contributed by atoms with E-state index in [0.29, 0.717) is 23.7 Å². The van der Waals surface area contributed by atoms with Crippen molar-refractivity contribution in [1.29, 1.82) is 0 Å². The molecule has 6 heteroatoms. The third-order valence-electron chi connectivity index (χ3n) is 5.68. The third-order valence-corrected chi connectivity index (χ3v) is 6.05. The van der Waals surface area contributed by atoms with Crippen molar-refractivity contribution in [3.63, 3.8) is 0 Å². The minimum atomic E-state index is -0.712. The Morgan fingerprint density at radius 1 is 0.971 bits per heavy atom. The third kappa shape index (κ3) is 7.86. The molecule has 0 saturated carbocycles. The smallest absolute Gasteiger partial charge is 0.261 e. The molecule has 2 amide bonds. The maximum absolute atomic E-state index is 13.6. The minimum absolute atomic E-state index is 0.181. The highest BCUT2D eigenvalue weighted by atomic mass is 35.5. The van der Waals surface area contributed by atoms with E-state index in [9.17, 15) is 9.59 Å². The number of nitrogens with zero attached hydrogens (tertiary/aromatic N) is 1. The van der Waals surface area contributed by atoms with Gasteiger partial charge in [-0.3, -0.25) is 9.59 Å². The van der Waals surface area contributed by atoms with Gasteiger partial charge in [-0.15, -0.1) is 0 Å². The number of carbonyl (C=O) groups is 2. The van der Waals surface area contributed by atoms with Crippen molar-refractivity contribution in [2.45, 2.75) is 46.2 Å². The lowest BCUT2D eigenvalue weighted by atomic mass is 10.0. The summed E-state index contributed by atoms with van der Waals surface area (Å²) >= 11 is 6.44. The average molecular weight is 493 g/mol. The van der Waals surface area contributed by atoms with Crippen molar-refractivity contribution in [2.75, 3.05) is 13.2 Å². The second-order valence-electron chi connectivity index (χ2n) is 8.72. The van der Waals surface area contributed by atoms with Crippen LogP contribution in [-0.2, 0) is 22.6 Å². The Kier molecular flexibility index (Phi) is 9.74. The van der Waals surface area contributed by atoms with E-state index in [1.807, 2.05) is 87.5 Å². The monoisotopic (exact) mass is 492 g/mol. The van der Waals surface area contributed by atoms with Gasteiger partial charge < -0.3 is 15.0 Å². The summed E-state index contributed by atoms with van der Waals surface area (Å²) in [5, 5.41) is 3.52. The second-order valence-corrected chi connectivity index (χ2v) is 9.13. The van der Waals surface area contributed by atoms with Crippen LogP contribution in [0.4, 0.5) is 0 Å². The van der Waals surface area contributed by atoms with E-state index in [2.05, 4.69) is 5.32 Å². The van der Waals surface area contributed by atoms with E-state index in [1.165, 1.54) is 0 Å². The number of aryl methyl sites for hydroxylation is 2. The fourth-order valence-electron chi connectivity index (χ4n) is 3.97. The summed E-state index contributed by atoms with van der Waals surface area (Å²) in [7, 11) is 0. The molecule has 0 heterocycles. The summed E-state index contributed by atoms with van der Waals surface area (Å²) in [6, 6.07) is 22.2. The fraction of sp³-hybridized carbons (Fsp3) is 0.310. The highest BCUT2D eigenvalue weighted by molar-refractivity contribution is 6.31. The fourth-order valence-corrected chi connectivity index (χ4v) is 4.17. The molecule has 0 aliphatic rings. The summed E-state index contributed by atoms with van der Waals surface area (Å²) in [4.78, 5) is 28.5. The summed E-state index contributed by atoms with van der Waals surface area (Å²) in [5.41, 5.74) is 3.86. The maximum atomic E-state index is 13.6. The largest absolute Gasteiger partial charge is 0.484 e. The number of amides is 2. The number of ether oxygens (including phenoxy) is 1. The Hall–Kier alpha value is -3.31. The zero-order chi connectivity index (χ0) is 25.2. The number of rotatable bonds is 11. The molecule has 0 bridgehead atoms. The van der Waals surface area contributed by atoms with E-state index in [1.54, 1.807) is 11.0 Å². The SMILES string of the molecule is CCCNC(=O)[C@@H](Cc1ccccc1)N(Cc1ccccc1Cl)C(=O)COc1cc(C)cc(C)c1. The van der Waals surface area contributed by atoms with Gasteiger partial charge in [0.15, 0.2) is 6.61 Å². The predicted octanol–water partition coefficient (Wildman–Crippen LogP) is 5.50. The van der Waals surface area contributed by atoms with Crippen molar-refractivity contribution in [3.05, 3.63) is 100 Å². The highest BCUT2D eigenvalue weighted by Gasteiger charge is 2.31. The predicted molar refractivity (Wildman–Crippen MR) is 141 cm³/mol. The first kappa shape index (κ1) is 26.3. The molecule has 3 rings (SSSR count). The van der Waals surface area contributed by atoms with Gasteiger partial charge in [-0.05, 0) is 60.7 Å². The van der Waals surface area contributed by atoms with Crippen LogP contribution in [0.3, 0.4) is 0 Å². The van der Waals surface area contributed by atoms with E-state index in [0.717, 1.165) is 28.7 Å². The van der Waals surface area contributed by atoms with Crippen LogP contribution >= 0.6 is 11.6 Å². The van der Waals surface area contributed by atoms with Crippen LogP contribution in [0.15, 0.2) is 72.8 Å². The number of hydrogen-bond donors (Lipinski definition) is 1. The normalized spacial score (nSPS) is 11.5. The molecule has 1 N–H and O–H groups in total. The van der Waals surface area contributed by atoms with Crippen molar-refractivity contribution in [2.24, 2.45) is 0 Å². The first-order valence-corrected chi connectivity index (χ1v) is 12.3. The minimum Gasteiger partial charge on any atom is -0.484 e. The van der Waals surface area contributed by atoms with Crippen LogP contribution in [0, 0.1) is 13.8 Å². The van der Waals surface area contributed by atoms with Gasteiger partial charge in [-0.2, -0.15) is 0 Å². The van der Waals surface area contributed by atoms with Gasteiger partial charge >= 0.3 is 0 Å². The molecule has 0 saturated heterocycles. The maximum Gasteiger partial charge on any atom is 0.261 e. The van der Waals surface area contributed by atoms with Gasteiger partial charge in [-0.25, -0.2) is 0 Å². The first-order valence-electron chi connectivity index (χ1n) is 11.9. The molecule has 0 unspecified atom stereocenters. The average Bonchev–Trinajstić information content (AvgIpc) is 2.84. The molecule has 5 nitrogen and oxygen atoms in total. The van der Waals surface area contributed by atoms with Crippen LogP contribution in [0.5, 0.6) is 5.75 Å². The Balaban J connectivity index is 1.91. The van der Waals surface area contributed by atoms with Crippen molar-refractivity contribution in [1.82, 2.24) is 10.2 Å². The van der Waals surface area contributed by atoms with Crippen molar-refractivity contribution in [3.8, 4) is 5.75 Å². The molecule has 0 aliphatic carbocycles. The quantitative estimate of drug-likeness (QED) is 0.384. The molecule has 0 radical (unpaired) electrons. The van der Waals surface area contributed by atoms with Gasteiger partial charge in [-0.1, -0.05) is 73.1 Å². The molecule has 0 aliphatic heterocycles. The van der Waals surface area contributed by atoms with Gasteiger partial charge in [0.25, 0.3) is 5.91 Å². The van der Waals surface area contributed by atoms with Crippen LogP contribution < -0.4 is 10.1 Å². The Labute approximate surface area is 213 Å². The number of nitrogens with one attached hydrogen (secondary N) is 1. The number of benzene rings is 3. The van der Waals surface area contributed by atoms with Gasteiger partial charge in [0.2, 0.25) is 5.91 Å². The van der Waals surface area contributed by atoms with Gasteiger partial charge in [0.05, 0.1) is 0 Å². The molecule has 0 fully saturated rings. The van der Waals surface area contributed by atoms with Crippen LogP contribution in [0.2, 0.25) is 5.02 Å². The molecule has 3 aromatic rings.